The molecule has 3 aliphatic carbocycles. The number of piperidine rings is 1. The third-order valence-electron chi connectivity index (χ3n) is 15.4. The third kappa shape index (κ3) is 10.3. The molecule has 7 rings (SSSR count). The van der Waals surface area contributed by atoms with E-state index in [2.05, 4.69) is 33.5 Å². The quantitative estimate of drug-likeness (QED) is 0.162. The van der Waals surface area contributed by atoms with Crippen molar-refractivity contribution in [1.29, 1.82) is 0 Å². The van der Waals surface area contributed by atoms with Gasteiger partial charge in [-0.15, -0.1) is 0 Å². The van der Waals surface area contributed by atoms with E-state index in [0.29, 0.717) is 18.0 Å². The maximum absolute atomic E-state index is 15.8. The molecule has 326 valence electrons. The Labute approximate surface area is 348 Å². The summed E-state index contributed by atoms with van der Waals surface area (Å²) in [6.45, 7) is 5.28. The van der Waals surface area contributed by atoms with E-state index in [1.165, 1.54) is 83.1 Å². The van der Waals surface area contributed by atoms with Crippen LogP contribution in [0.25, 0.3) is 0 Å². The Morgan fingerprint density at radius 3 is 2.10 bits per heavy atom. The Bertz CT molecular complexity index is 1480. The molecule has 0 spiro atoms. The number of carbonyl (C=O) groups excluding carboxylic acids is 2. The predicted molar refractivity (Wildman–Crippen MR) is 226 cm³/mol. The van der Waals surface area contributed by atoms with Gasteiger partial charge in [0.05, 0.1) is 35.8 Å². The molecule has 0 aromatic heterocycles. The van der Waals surface area contributed by atoms with Crippen molar-refractivity contribution in [3.8, 4) is 0 Å². The number of rotatable bonds is 10. The first-order chi connectivity index (χ1) is 28.2. The van der Waals surface area contributed by atoms with Crippen molar-refractivity contribution >= 4 is 11.8 Å². The van der Waals surface area contributed by atoms with Gasteiger partial charge < -0.3 is 15.0 Å². The molecular formula is C47H76F2N6O3. The van der Waals surface area contributed by atoms with E-state index in [-0.39, 0.29) is 48.0 Å². The van der Waals surface area contributed by atoms with E-state index in [1.807, 2.05) is 11.8 Å². The minimum absolute atomic E-state index is 0.00641. The average Bonchev–Trinajstić information content (AvgIpc) is 3.86. The van der Waals surface area contributed by atoms with Gasteiger partial charge in [-0.2, -0.15) is 0 Å². The Hall–Kier alpha value is -2.18. The molecule has 0 bridgehead atoms. The molecule has 0 radical (unpaired) electrons. The normalized spacial score (nSPS) is 33.6. The number of halogens is 2. The highest BCUT2D eigenvalue weighted by atomic mass is 19.1. The van der Waals surface area contributed by atoms with Crippen molar-refractivity contribution in [2.75, 3.05) is 13.1 Å². The number of amides is 2. The summed E-state index contributed by atoms with van der Waals surface area (Å²) < 4.78 is 37.2. The maximum Gasteiger partial charge on any atom is 0.238 e. The van der Waals surface area contributed by atoms with Crippen molar-refractivity contribution in [2.24, 2.45) is 11.8 Å². The molecule has 1 aromatic rings. The molecule has 6 fully saturated rings. The van der Waals surface area contributed by atoms with Gasteiger partial charge in [0.25, 0.3) is 0 Å². The van der Waals surface area contributed by atoms with E-state index in [1.54, 1.807) is 6.07 Å². The van der Waals surface area contributed by atoms with E-state index >= 15 is 4.39 Å². The Morgan fingerprint density at radius 1 is 0.828 bits per heavy atom. The fourth-order valence-electron chi connectivity index (χ4n) is 12.1. The zero-order chi connectivity index (χ0) is 40.5. The van der Waals surface area contributed by atoms with Gasteiger partial charge in [-0.05, 0) is 89.5 Å². The number of hydrogen-bond acceptors (Lipinski definition) is 7. The molecule has 58 heavy (non-hydrogen) atoms. The van der Waals surface area contributed by atoms with E-state index in [9.17, 15) is 14.0 Å². The van der Waals surface area contributed by atoms with Gasteiger partial charge in [0.1, 0.15) is 11.6 Å². The molecule has 5 unspecified atom stereocenters. The molecule has 8 atom stereocenters. The molecular weight excluding hydrogens is 735 g/mol. The third-order valence-corrected chi connectivity index (χ3v) is 15.4. The standard InChI is InChI=1S/C47H76F2N6O3/c1-33-20-17-19-29-55(33)42(56)31-40(52-45-53-41-25-16-18-28-47(41,58-45)36-23-14-10-4-3-5-11-15-24-36)44(57)51-34(2)43-50-32-46(54-43,38-27-26-37(48)30-39(38)49)35-21-12-8-6-7-9-13-22-35/h26-27,30,33-36,40-41,43,45,50,52-54H,3-25,28-29,31-32H2,1-2H3,(H,51,57)/t33-,34-,40-,41?,43?,45?,46?,47?/m0/s1. The molecule has 3 saturated heterocycles. The second-order valence-electron chi connectivity index (χ2n) is 19.3. The molecule has 6 aliphatic rings. The predicted octanol–water partition coefficient (Wildman–Crippen LogP) is 8.41. The van der Waals surface area contributed by atoms with Crippen molar-refractivity contribution in [3.05, 3.63) is 35.4 Å². The highest BCUT2D eigenvalue weighted by Gasteiger charge is 2.54. The van der Waals surface area contributed by atoms with Crippen molar-refractivity contribution in [1.82, 2.24) is 31.5 Å². The van der Waals surface area contributed by atoms with Crippen LogP contribution in [0.3, 0.4) is 0 Å². The number of nitrogens with one attached hydrogen (secondary N) is 5. The number of ether oxygens (including phenoxy) is 1. The van der Waals surface area contributed by atoms with Gasteiger partial charge in [-0.1, -0.05) is 102 Å². The fraction of sp³-hybridized carbons (Fsp3) is 0.830. The summed E-state index contributed by atoms with van der Waals surface area (Å²) in [6.07, 6.45) is 26.9. The van der Waals surface area contributed by atoms with Gasteiger partial charge >= 0.3 is 0 Å². The average molecular weight is 811 g/mol. The largest absolute Gasteiger partial charge is 0.349 e. The van der Waals surface area contributed by atoms with Gasteiger partial charge in [-0.3, -0.25) is 30.9 Å². The molecule has 9 nitrogen and oxygen atoms in total. The van der Waals surface area contributed by atoms with Crippen LogP contribution in [-0.4, -0.2) is 72.1 Å². The van der Waals surface area contributed by atoms with Crippen LogP contribution in [0.4, 0.5) is 8.78 Å². The van der Waals surface area contributed by atoms with Crippen molar-refractivity contribution in [2.45, 2.75) is 222 Å². The summed E-state index contributed by atoms with van der Waals surface area (Å²) in [5.74, 6) is -0.733. The first-order valence-corrected chi connectivity index (χ1v) is 23.9. The molecule has 11 heteroatoms. The van der Waals surface area contributed by atoms with Crippen LogP contribution in [0, 0.1) is 23.5 Å². The number of hydrogen-bond donors (Lipinski definition) is 5. The summed E-state index contributed by atoms with van der Waals surface area (Å²) in [4.78, 5) is 30.6. The van der Waals surface area contributed by atoms with E-state index < -0.39 is 35.6 Å². The van der Waals surface area contributed by atoms with Crippen LogP contribution < -0.4 is 26.6 Å². The molecule has 2 amide bonds. The lowest BCUT2D eigenvalue weighted by atomic mass is 9.69. The Kier molecular flexibility index (Phi) is 15.6. The summed E-state index contributed by atoms with van der Waals surface area (Å²) in [5, 5.41) is 18.1. The summed E-state index contributed by atoms with van der Waals surface area (Å²) in [5.41, 5.74) is -0.519. The van der Waals surface area contributed by atoms with Crippen LogP contribution in [0.15, 0.2) is 18.2 Å². The minimum Gasteiger partial charge on any atom is -0.349 e. The number of carbonyl (C=O) groups is 2. The zero-order valence-electron chi connectivity index (χ0n) is 35.9. The highest BCUT2D eigenvalue weighted by Crippen LogP contribution is 2.47. The minimum atomic E-state index is -0.808. The van der Waals surface area contributed by atoms with E-state index in [4.69, 9.17) is 4.74 Å². The lowest BCUT2D eigenvalue weighted by Crippen LogP contribution is -2.60. The van der Waals surface area contributed by atoms with Crippen molar-refractivity contribution in [3.63, 3.8) is 0 Å². The van der Waals surface area contributed by atoms with Crippen LogP contribution in [0.2, 0.25) is 0 Å². The lowest BCUT2D eigenvalue weighted by molar-refractivity contribution is -0.141. The topological polar surface area (TPSA) is 107 Å². The molecule has 3 heterocycles. The monoisotopic (exact) mass is 811 g/mol. The second-order valence-corrected chi connectivity index (χ2v) is 19.3. The number of nitrogens with zero attached hydrogens (tertiary/aromatic N) is 1. The van der Waals surface area contributed by atoms with Gasteiger partial charge in [0.2, 0.25) is 11.8 Å². The molecule has 3 saturated carbocycles. The highest BCUT2D eigenvalue weighted by molar-refractivity contribution is 5.88. The summed E-state index contributed by atoms with van der Waals surface area (Å²) in [7, 11) is 0. The number of fused-ring (bicyclic) bond motifs is 1. The van der Waals surface area contributed by atoms with Gasteiger partial charge in [0, 0.05) is 36.8 Å². The SMILES string of the molecule is C[C@H](NC(=O)[C@H](CC(=O)N1CCCC[C@@H]1C)NC1NC2CCCCC2(C2CCCCCCCCC2)O1)C1NCC(c2ccc(F)cc2F)(C2CCCCCCCC2)N1. The summed E-state index contributed by atoms with van der Waals surface area (Å²) in [6, 6.07) is 3.15. The number of benzene rings is 1. The van der Waals surface area contributed by atoms with E-state index in [0.717, 1.165) is 89.7 Å². The molecule has 5 N–H and O–H groups in total. The smallest absolute Gasteiger partial charge is 0.238 e. The summed E-state index contributed by atoms with van der Waals surface area (Å²) >= 11 is 0. The molecule has 1 aromatic carbocycles. The van der Waals surface area contributed by atoms with Crippen molar-refractivity contribution < 1.29 is 23.1 Å². The lowest BCUT2D eigenvalue weighted by Gasteiger charge is -2.44. The molecule has 3 aliphatic heterocycles. The van der Waals surface area contributed by atoms with Crippen LogP contribution in [0.5, 0.6) is 0 Å². The Morgan fingerprint density at radius 2 is 1.45 bits per heavy atom. The second kappa shape index (κ2) is 20.6. The Balaban J connectivity index is 1.09. The number of likely N-dealkylation sites (tertiary alicyclic amines) is 1. The van der Waals surface area contributed by atoms with Crippen LogP contribution in [-0.2, 0) is 19.9 Å². The van der Waals surface area contributed by atoms with Gasteiger partial charge in [0.15, 0.2) is 6.35 Å². The first kappa shape index (κ1) is 43.9. The van der Waals surface area contributed by atoms with Crippen LogP contribution in [0.1, 0.15) is 180 Å². The zero-order valence-corrected chi connectivity index (χ0v) is 35.9. The van der Waals surface area contributed by atoms with Crippen LogP contribution >= 0.6 is 0 Å². The van der Waals surface area contributed by atoms with Gasteiger partial charge in [-0.25, -0.2) is 8.78 Å². The fourth-order valence-corrected chi connectivity index (χ4v) is 12.1. The first-order valence-electron chi connectivity index (χ1n) is 23.9. The maximum atomic E-state index is 15.8.